The fraction of sp³-hybridized carbons (Fsp3) is 0.478. The van der Waals surface area contributed by atoms with Crippen LogP contribution in [0.3, 0.4) is 0 Å². The van der Waals surface area contributed by atoms with Gasteiger partial charge in [-0.1, -0.05) is 0 Å². The van der Waals surface area contributed by atoms with Crippen molar-refractivity contribution in [2.75, 3.05) is 13.1 Å². The van der Waals surface area contributed by atoms with Gasteiger partial charge in [-0.05, 0) is 63.8 Å². The molecule has 1 saturated carbocycles. The van der Waals surface area contributed by atoms with E-state index in [2.05, 4.69) is 15.2 Å². The van der Waals surface area contributed by atoms with Crippen LogP contribution in [0.15, 0.2) is 29.6 Å². The summed E-state index contributed by atoms with van der Waals surface area (Å²) in [4.78, 5) is 24.2. The van der Waals surface area contributed by atoms with Gasteiger partial charge in [0.25, 0.3) is 5.91 Å². The average Bonchev–Trinajstić information content (AvgIpc) is 3.31. The molecule has 1 aliphatic heterocycles. The summed E-state index contributed by atoms with van der Waals surface area (Å²) >= 11 is 1.50. The van der Waals surface area contributed by atoms with Crippen LogP contribution < -0.4 is 4.74 Å². The Hall–Kier alpha value is -2.74. The molecule has 2 aromatic heterocycles. The van der Waals surface area contributed by atoms with Gasteiger partial charge in [-0.15, -0.1) is 11.3 Å². The van der Waals surface area contributed by atoms with Crippen LogP contribution in [0.4, 0.5) is 0 Å². The third-order valence-electron chi connectivity index (χ3n) is 5.83. The number of nitrogens with one attached hydrogen (secondary N) is 1. The zero-order valence-corrected chi connectivity index (χ0v) is 18.7. The van der Waals surface area contributed by atoms with Crippen molar-refractivity contribution >= 4 is 17.2 Å². The summed E-state index contributed by atoms with van der Waals surface area (Å²) in [7, 11) is 0. The van der Waals surface area contributed by atoms with Gasteiger partial charge in [0, 0.05) is 35.9 Å². The Kier molecular flexibility index (Phi) is 5.48. The number of ether oxygens (including phenoxy) is 1. The van der Waals surface area contributed by atoms with Gasteiger partial charge in [0.1, 0.15) is 22.3 Å². The first-order valence-corrected chi connectivity index (χ1v) is 11.9. The van der Waals surface area contributed by atoms with Crippen molar-refractivity contribution in [3.05, 3.63) is 47.0 Å². The number of H-pyrrole nitrogens is 1. The first-order valence-electron chi connectivity index (χ1n) is 11.0. The van der Waals surface area contributed by atoms with E-state index in [4.69, 9.17) is 9.72 Å². The number of carbonyl (C=O) groups is 1. The Labute approximate surface area is 185 Å². The van der Waals surface area contributed by atoms with Gasteiger partial charge >= 0.3 is 0 Å². The van der Waals surface area contributed by atoms with Crippen molar-refractivity contribution < 1.29 is 9.53 Å². The molecule has 8 heteroatoms. The molecule has 3 heterocycles. The molecule has 2 aliphatic rings. The van der Waals surface area contributed by atoms with Crippen LogP contribution in [0, 0.1) is 0 Å². The fourth-order valence-electron chi connectivity index (χ4n) is 3.97. The van der Waals surface area contributed by atoms with Crippen molar-refractivity contribution in [1.29, 1.82) is 0 Å². The lowest BCUT2D eigenvalue weighted by Gasteiger charge is -2.30. The van der Waals surface area contributed by atoms with E-state index in [1.54, 1.807) is 0 Å². The van der Waals surface area contributed by atoms with Gasteiger partial charge in [0.05, 0.1) is 6.10 Å². The highest BCUT2D eigenvalue weighted by Gasteiger charge is 2.31. The van der Waals surface area contributed by atoms with E-state index in [-0.39, 0.29) is 12.0 Å². The zero-order valence-electron chi connectivity index (χ0n) is 17.9. The molecule has 3 aromatic rings. The highest BCUT2D eigenvalue weighted by atomic mass is 32.1. The Morgan fingerprint density at radius 2 is 1.84 bits per heavy atom. The third-order valence-corrected chi connectivity index (χ3v) is 6.72. The van der Waals surface area contributed by atoms with Crippen molar-refractivity contribution in [3.63, 3.8) is 0 Å². The maximum absolute atomic E-state index is 13.0. The van der Waals surface area contributed by atoms with Crippen LogP contribution in [0.25, 0.3) is 10.6 Å². The highest BCUT2D eigenvalue weighted by Crippen LogP contribution is 2.38. The Morgan fingerprint density at radius 1 is 1.10 bits per heavy atom. The van der Waals surface area contributed by atoms with Gasteiger partial charge < -0.3 is 9.64 Å². The van der Waals surface area contributed by atoms with E-state index >= 15 is 0 Å². The number of hydrogen-bond donors (Lipinski definition) is 1. The molecule has 1 saturated heterocycles. The van der Waals surface area contributed by atoms with E-state index in [1.165, 1.54) is 24.2 Å². The van der Waals surface area contributed by atoms with Crippen molar-refractivity contribution in [2.24, 2.45) is 0 Å². The van der Waals surface area contributed by atoms with Crippen LogP contribution in [0.2, 0.25) is 0 Å². The van der Waals surface area contributed by atoms with E-state index < -0.39 is 0 Å². The first-order chi connectivity index (χ1) is 15.1. The van der Waals surface area contributed by atoms with E-state index in [1.807, 2.05) is 48.4 Å². The van der Waals surface area contributed by atoms with Crippen molar-refractivity contribution in [2.45, 2.75) is 57.5 Å². The van der Waals surface area contributed by atoms with Gasteiger partial charge in [0.2, 0.25) is 0 Å². The third kappa shape index (κ3) is 4.49. The number of rotatable bonds is 6. The Bertz CT molecular complexity index is 1050. The Morgan fingerprint density at radius 3 is 2.52 bits per heavy atom. The van der Waals surface area contributed by atoms with Gasteiger partial charge in [0.15, 0.2) is 5.82 Å². The minimum Gasteiger partial charge on any atom is -0.491 e. The minimum absolute atomic E-state index is 0.0111. The zero-order chi connectivity index (χ0) is 21.4. The monoisotopic (exact) mass is 437 g/mol. The molecule has 1 aromatic carbocycles. The maximum atomic E-state index is 13.0. The average molecular weight is 438 g/mol. The van der Waals surface area contributed by atoms with Crippen LogP contribution in [-0.4, -0.2) is 50.2 Å². The smallest absolute Gasteiger partial charge is 0.273 e. The molecule has 0 radical (unpaired) electrons. The first kappa shape index (κ1) is 20.2. The second-order valence-corrected chi connectivity index (χ2v) is 9.51. The van der Waals surface area contributed by atoms with Crippen LogP contribution >= 0.6 is 11.3 Å². The van der Waals surface area contributed by atoms with Crippen LogP contribution in [0.5, 0.6) is 5.75 Å². The summed E-state index contributed by atoms with van der Waals surface area (Å²) in [6.07, 6.45) is 4.35. The van der Waals surface area contributed by atoms with Gasteiger partial charge in [-0.3, -0.25) is 9.89 Å². The fourth-order valence-corrected chi connectivity index (χ4v) is 4.77. The second kappa shape index (κ2) is 8.42. The lowest BCUT2D eigenvalue weighted by molar-refractivity contribution is 0.0706. The summed E-state index contributed by atoms with van der Waals surface area (Å²) in [5.74, 6) is 3.70. The summed E-state index contributed by atoms with van der Waals surface area (Å²) in [5, 5.41) is 10.2. The number of likely N-dealkylation sites (tertiary alicyclic amines) is 1. The maximum Gasteiger partial charge on any atom is 0.273 e. The number of hydrogen-bond acceptors (Lipinski definition) is 6. The number of carbonyl (C=O) groups excluding carboxylic acids is 1. The predicted octanol–water partition coefficient (Wildman–Crippen LogP) is 4.61. The molecular weight excluding hydrogens is 410 g/mol. The molecule has 0 unspecified atom stereocenters. The SMILES string of the molecule is CC(C)Oc1ccc(-c2nc(C(=O)N3CCC(c4nc(C5CC5)n[nH]4)CC3)cs2)cc1. The van der Waals surface area contributed by atoms with Crippen LogP contribution in [0.1, 0.15) is 73.5 Å². The molecule has 0 atom stereocenters. The van der Waals surface area contributed by atoms with E-state index in [0.717, 1.165) is 53.9 Å². The topological polar surface area (TPSA) is 84.0 Å². The molecule has 0 spiro atoms. The lowest BCUT2D eigenvalue weighted by atomic mass is 9.96. The highest BCUT2D eigenvalue weighted by molar-refractivity contribution is 7.13. The molecule has 1 aliphatic carbocycles. The number of amides is 1. The number of aromatic amines is 1. The number of benzene rings is 1. The summed E-state index contributed by atoms with van der Waals surface area (Å²) in [6, 6.07) is 7.87. The summed E-state index contributed by atoms with van der Waals surface area (Å²) in [6.45, 7) is 5.45. The number of thiazole rings is 1. The molecule has 162 valence electrons. The lowest BCUT2D eigenvalue weighted by Crippen LogP contribution is -2.38. The number of aromatic nitrogens is 4. The minimum atomic E-state index is 0.0111. The molecule has 0 bridgehead atoms. The van der Waals surface area contributed by atoms with Crippen LogP contribution in [-0.2, 0) is 0 Å². The molecule has 31 heavy (non-hydrogen) atoms. The standard InChI is InChI=1S/C23H27N5O2S/c1-14(2)30-18-7-5-17(6-8-18)22-24-19(13-31-22)23(29)28-11-9-16(10-12-28)21-25-20(26-27-21)15-3-4-15/h5-8,13-16H,3-4,9-12H2,1-2H3,(H,25,26,27). The second-order valence-electron chi connectivity index (χ2n) is 8.65. The normalized spacial score (nSPS) is 17.3. The van der Waals surface area contributed by atoms with Gasteiger partial charge in [-0.25, -0.2) is 9.97 Å². The van der Waals surface area contributed by atoms with Crippen molar-refractivity contribution in [3.8, 4) is 16.3 Å². The molecule has 2 fully saturated rings. The molecule has 1 amide bonds. The number of nitrogens with zero attached hydrogens (tertiary/aromatic N) is 4. The predicted molar refractivity (Wildman–Crippen MR) is 120 cm³/mol. The molecule has 5 rings (SSSR count). The number of piperidine rings is 1. The molecule has 1 N–H and O–H groups in total. The molecule has 7 nitrogen and oxygen atoms in total. The molecular formula is C23H27N5O2S. The van der Waals surface area contributed by atoms with Gasteiger partial charge in [-0.2, -0.15) is 5.10 Å². The van der Waals surface area contributed by atoms with Crippen molar-refractivity contribution in [1.82, 2.24) is 25.1 Å². The summed E-state index contributed by atoms with van der Waals surface area (Å²) < 4.78 is 5.70. The van der Waals surface area contributed by atoms with E-state index in [0.29, 0.717) is 17.5 Å². The quantitative estimate of drug-likeness (QED) is 0.609. The Balaban J connectivity index is 1.19. The largest absolute Gasteiger partial charge is 0.491 e. The summed E-state index contributed by atoms with van der Waals surface area (Å²) in [5.41, 5.74) is 1.52. The van der Waals surface area contributed by atoms with E-state index in [9.17, 15) is 4.79 Å².